The van der Waals surface area contributed by atoms with E-state index >= 15 is 0 Å². The Labute approximate surface area is 113 Å². The van der Waals surface area contributed by atoms with E-state index in [1.807, 2.05) is 6.92 Å². The van der Waals surface area contributed by atoms with Crippen LogP contribution in [0.1, 0.15) is 12.0 Å². The molecule has 0 radical (unpaired) electrons. The number of aryl methyl sites for hydroxylation is 1. The largest absolute Gasteiger partial charge is 0.345 e. The second-order valence-electron chi connectivity index (χ2n) is 5.01. The second-order valence-corrected chi connectivity index (χ2v) is 6.78. The summed E-state index contributed by atoms with van der Waals surface area (Å²) in [6, 6.07) is 6.70. The number of likely N-dealkylation sites (tertiary alicyclic amines) is 1. The first-order valence-electron chi connectivity index (χ1n) is 6.19. The van der Waals surface area contributed by atoms with E-state index < -0.39 is 10.0 Å². The van der Waals surface area contributed by atoms with Crippen LogP contribution in [0.25, 0.3) is 0 Å². The van der Waals surface area contributed by atoms with E-state index in [1.54, 1.807) is 36.2 Å². The molecule has 0 aliphatic carbocycles. The minimum absolute atomic E-state index is 0.0534. The maximum Gasteiger partial charge on any atom is 0.240 e. The van der Waals surface area contributed by atoms with Gasteiger partial charge in [-0.3, -0.25) is 4.79 Å². The Bertz CT molecular complexity index is 566. The fourth-order valence-electron chi connectivity index (χ4n) is 2.12. The monoisotopic (exact) mass is 282 g/mol. The number of benzene rings is 1. The van der Waals surface area contributed by atoms with Crippen molar-refractivity contribution in [1.29, 1.82) is 0 Å². The Hall–Kier alpha value is -1.40. The highest BCUT2D eigenvalue weighted by Crippen LogP contribution is 2.16. The van der Waals surface area contributed by atoms with E-state index in [2.05, 4.69) is 4.72 Å². The Morgan fingerprint density at radius 3 is 2.47 bits per heavy atom. The molecule has 5 nitrogen and oxygen atoms in total. The molecule has 0 saturated carbocycles. The lowest BCUT2D eigenvalue weighted by Crippen LogP contribution is -2.30. The van der Waals surface area contributed by atoms with Crippen molar-refractivity contribution in [3.8, 4) is 0 Å². The van der Waals surface area contributed by atoms with Gasteiger partial charge in [0.05, 0.1) is 4.90 Å². The molecule has 0 bridgehead atoms. The molecule has 1 aromatic rings. The molecular weight excluding hydrogens is 264 g/mol. The molecule has 19 heavy (non-hydrogen) atoms. The Morgan fingerprint density at radius 1 is 1.32 bits per heavy atom. The minimum Gasteiger partial charge on any atom is -0.345 e. The summed E-state index contributed by atoms with van der Waals surface area (Å²) < 4.78 is 26.7. The van der Waals surface area contributed by atoms with E-state index in [0.717, 1.165) is 5.56 Å². The molecule has 1 atom stereocenters. The molecule has 1 aliphatic heterocycles. The molecule has 1 amide bonds. The Morgan fingerprint density at radius 2 is 1.95 bits per heavy atom. The summed E-state index contributed by atoms with van der Waals surface area (Å²) in [5.41, 5.74) is 1.02. The Balaban J connectivity index is 1.99. The van der Waals surface area contributed by atoms with Crippen LogP contribution in [0.15, 0.2) is 29.2 Å². The van der Waals surface area contributed by atoms with Gasteiger partial charge in [-0.15, -0.1) is 0 Å². The van der Waals surface area contributed by atoms with E-state index in [-0.39, 0.29) is 16.7 Å². The number of carbonyl (C=O) groups is 1. The standard InChI is InChI=1S/C13H18N2O3S/c1-10-3-5-12(6-4-10)19(17,18)14-8-11-7-13(16)15(2)9-11/h3-6,11,14H,7-9H2,1-2H3. The molecule has 1 heterocycles. The molecule has 1 aliphatic rings. The van der Waals surface area contributed by atoms with Gasteiger partial charge in [-0.1, -0.05) is 17.7 Å². The average molecular weight is 282 g/mol. The van der Waals surface area contributed by atoms with Gasteiger partial charge in [-0.05, 0) is 25.0 Å². The highest BCUT2D eigenvalue weighted by atomic mass is 32.2. The molecule has 104 valence electrons. The van der Waals surface area contributed by atoms with Crippen molar-refractivity contribution in [3.05, 3.63) is 29.8 Å². The average Bonchev–Trinajstić information content (AvgIpc) is 2.67. The maximum absolute atomic E-state index is 12.1. The Kier molecular flexibility index (Phi) is 3.91. The van der Waals surface area contributed by atoms with E-state index in [1.165, 1.54) is 0 Å². The van der Waals surface area contributed by atoms with Gasteiger partial charge < -0.3 is 4.90 Å². The van der Waals surface area contributed by atoms with E-state index in [4.69, 9.17) is 0 Å². The lowest BCUT2D eigenvalue weighted by molar-refractivity contribution is -0.126. The van der Waals surface area contributed by atoms with Crippen LogP contribution in [0.5, 0.6) is 0 Å². The third kappa shape index (κ3) is 3.33. The van der Waals surface area contributed by atoms with Crippen LogP contribution >= 0.6 is 0 Å². The fraction of sp³-hybridized carbons (Fsp3) is 0.462. The third-order valence-electron chi connectivity index (χ3n) is 3.31. The van der Waals surface area contributed by atoms with Crippen molar-refractivity contribution in [3.63, 3.8) is 0 Å². The molecule has 1 fully saturated rings. The first kappa shape index (κ1) is 14.0. The van der Waals surface area contributed by atoms with Crippen molar-refractivity contribution in [2.75, 3.05) is 20.1 Å². The normalized spacial score (nSPS) is 20.0. The van der Waals surface area contributed by atoms with E-state index in [9.17, 15) is 13.2 Å². The summed E-state index contributed by atoms with van der Waals surface area (Å²) in [5, 5.41) is 0. The van der Waals surface area contributed by atoms with Gasteiger partial charge >= 0.3 is 0 Å². The van der Waals surface area contributed by atoms with Crippen LogP contribution in [-0.4, -0.2) is 39.4 Å². The predicted molar refractivity (Wildman–Crippen MR) is 72.1 cm³/mol. The lowest BCUT2D eigenvalue weighted by Gasteiger charge is -2.12. The molecule has 0 spiro atoms. The number of nitrogens with one attached hydrogen (secondary N) is 1. The summed E-state index contributed by atoms with van der Waals surface area (Å²) in [5.74, 6) is 0.122. The predicted octanol–water partition coefficient (Wildman–Crippen LogP) is 0.752. The first-order chi connectivity index (χ1) is 8.88. The van der Waals surface area contributed by atoms with Gasteiger partial charge in [0.2, 0.25) is 15.9 Å². The van der Waals surface area contributed by atoms with Crippen molar-refractivity contribution in [2.24, 2.45) is 5.92 Å². The molecule has 1 N–H and O–H groups in total. The lowest BCUT2D eigenvalue weighted by atomic mass is 10.1. The quantitative estimate of drug-likeness (QED) is 0.886. The zero-order valence-electron chi connectivity index (χ0n) is 11.1. The van der Waals surface area contributed by atoms with Crippen LogP contribution in [0.2, 0.25) is 0 Å². The zero-order chi connectivity index (χ0) is 14.0. The number of hydrogen-bond acceptors (Lipinski definition) is 3. The third-order valence-corrected chi connectivity index (χ3v) is 4.75. The summed E-state index contributed by atoms with van der Waals surface area (Å²) >= 11 is 0. The number of carbonyl (C=O) groups excluding carboxylic acids is 1. The van der Waals surface area contributed by atoms with Crippen LogP contribution < -0.4 is 4.72 Å². The van der Waals surface area contributed by atoms with Crippen LogP contribution in [0.3, 0.4) is 0 Å². The molecule has 1 saturated heterocycles. The number of rotatable bonds is 4. The van der Waals surface area contributed by atoms with Crippen molar-refractivity contribution >= 4 is 15.9 Å². The highest BCUT2D eigenvalue weighted by molar-refractivity contribution is 7.89. The van der Waals surface area contributed by atoms with Crippen molar-refractivity contribution in [1.82, 2.24) is 9.62 Å². The number of sulfonamides is 1. The summed E-state index contributed by atoms with van der Waals surface area (Å²) in [6.07, 6.45) is 0.410. The van der Waals surface area contributed by atoms with Gasteiger partial charge in [0.15, 0.2) is 0 Å². The van der Waals surface area contributed by atoms with Gasteiger partial charge in [-0.25, -0.2) is 13.1 Å². The highest BCUT2D eigenvalue weighted by Gasteiger charge is 2.27. The summed E-state index contributed by atoms with van der Waals surface area (Å²) in [4.78, 5) is 13.3. The number of hydrogen-bond donors (Lipinski definition) is 1. The molecule has 0 aromatic heterocycles. The number of nitrogens with zero attached hydrogens (tertiary/aromatic N) is 1. The van der Waals surface area contributed by atoms with Crippen LogP contribution in [0.4, 0.5) is 0 Å². The van der Waals surface area contributed by atoms with Gasteiger partial charge in [0.25, 0.3) is 0 Å². The fourth-order valence-corrected chi connectivity index (χ4v) is 3.24. The summed E-state index contributed by atoms with van der Waals surface area (Å²) in [6.45, 7) is 2.81. The van der Waals surface area contributed by atoms with Crippen molar-refractivity contribution < 1.29 is 13.2 Å². The minimum atomic E-state index is -3.48. The first-order valence-corrected chi connectivity index (χ1v) is 7.67. The maximum atomic E-state index is 12.1. The molecule has 6 heteroatoms. The van der Waals surface area contributed by atoms with Crippen LogP contribution in [0, 0.1) is 12.8 Å². The van der Waals surface area contributed by atoms with Crippen LogP contribution in [-0.2, 0) is 14.8 Å². The second kappa shape index (κ2) is 5.30. The SMILES string of the molecule is Cc1ccc(S(=O)(=O)NCC2CC(=O)N(C)C2)cc1. The van der Waals surface area contributed by atoms with Crippen molar-refractivity contribution in [2.45, 2.75) is 18.2 Å². The molecular formula is C13H18N2O3S. The van der Waals surface area contributed by atoms with Gasteiger partial charge in [-0.2, -0.15) is 0 Å². The molecule has 1 aromatic carbocycles. The zero-order valence-corrected chi connectivity index (χ0v) is 11.9. The number of amides is 1. The molecule has 1 unspecified atom stereocenters. The van der Waals surface area contributed by atoms with E-state index in [0.29, 0.717) is 19.5 Å². The van der Waals surface area contributed by atoms with Gasteiger partial charge in [0, 0.05) is 26.6 Å². The molecule has 2 rings (SSSR count). The summed E-state index contributed by atoms with van der Waals surface area (Å²) in [7, 11) is -1.75. The van der Waals surface area contributed by atoms with Gasteiger partial charge in [0.1, 0.15) is 0 Å². The smallest absolute Gasteiger partial charge is 0.240 e. The topological polar surface area (TPSA) is 66.5 Å².